The van der Waals surface area contributed by atoms with Gasteiger partial charge in [0.15, 0.2) is 11.6 Å². The van der Waals surface area contributed by atoms with Crippen molar-refractivity contribution in [3.63, 3.8) is 0 Å². The third-order valence-electron chi connectivity index (χ3n) is 8.47. The number of carbonyl (C=O) groups is 1. The van der Waals surface area contributed by atoms with Gasteiger partial charge in [0, 0.05) is 25.8 Å². The Labute approximate surface area is 167 Å². The predicted molar refractivity (Wildman–Crippen MR) is 107 cm³/mol. The zero-order chi connectivity index (χ0) is 19.3. The molecule has 0 aromatic carbocycles. The Bertz CT molecular complexity index is 837. The zero-order valence-electron chi connectivity index (χ0n) is 17.2. The lowest BCUT2D eigenvalue weighted by molar-refractivity contribution is -0.115. The summed E-state index contributed by atoms with van der Waals surface area (Å²) in [6.07, 6.45) is 16.3. The molecular formula is C23H32N4O. The van der Waals surface area contributed by atoms with E-state index in [9.17, 15) is 4.79 Å². The fourth-order valence-corrected chi connectivity index (χ4v) is 6.94. The highest BCUT2D eigenvalue weighted by Crippen LogP contribution is 2.60. The average Bonchev–Trinajstić information content (AvgIpc) is 3.27. The Hall–Kier alpha value is -1.78. The molecule has 0 aliphatic heterocycles. The predicted octanol–water partition coefficient (Wildman–Crippen LogP) is 4.21. The maximum atomic E-state index is 12.7. The molecular weight excluding hydrogens is 348 g/mol. The van der Waals surface area contributed by atoms with E-state index in [-0.39, 0.29) is 0 Å². The number of aryl methyl sites for hydroxylation is 2. The van der Waals surface area contributed by atoms with Crippen LogP contribution < -0.4 is 0 Å². The third-order valence-corrected chi connectivity index (χ3v) is 8.47. The number of rotatable bonds is 4. The maximum Gasteiger partial charge on any atom is 0.162 e. The smallest absolute Gasteiger partial charge is 0.162 e. The second-order valence-electron chi connectivity index (χ2n) is 9.92. The zero-order valence-corrected chi connectivity index (χ0v) is 17.2. The van der Waals surface area contributed by atoms with Gasteiger partial charge < -0.3 is 0 Å². The van der Waals surface area contributed by atoms with Crippen LogP contribution in [0.5, 0.6) is 0 Å². The number of nitrogens with zero attached hydrogens (tertiary/aromatic N) is 4. The molecule has 5 nitrogen and oxygen atoms in total. The van der Waals surface area contributed by atoms with Crippen molar-refractivity contribution in [3.05, 3.63) is 29.1 Å². The van der Waals surface area contributed by atoms with Gasteiger partial charge in [0.1, 0.15) is 0 Å². The highest BCUT2D eigenvalue weighted by atomic mass is 16.1. The molecule has 1 heterocycles. The van der Waals surface area contributed by atoms with Gasteiger partial charge in [-0.2, -0.15) is 0 Å². The summed E-state index contributed by atoms with van der Waals surface area (Å²) in [6.45, 7) is 2.55. The first-order valence-corrected chi connectivity index (χ1v) is 11.2. The normalized spacial score (nSPS) is 37.0. The Morgan fingerprint density at radius 3 is 2.93 bits per heavy atom. The summed E-state index contributed by atoms with van der Waals surface area (Å²) in [7, 11) is 1.87. The molecule has 4 aliphatic carbocycles. The van der Waals surface area contributed by atoms with Crippen LogP contribution in [0, 0.1) is 29.1 Å². The molecule has 0 amide bonds. The molecule has 4 aliphatic rings. The van der Waals surface area contributed by atoms with Gasteiger partial charge in [-0.25, -0.2) is 4.68 Å². The van der Waals surface area contributed by atoms with Crippen LogP contribution >= 0.6 is 0 Å². The Morgan fingerprint density at radius 1 is 1.21 bits per heavy atom. The largest absolute Gasteiger partial charge is 0.294 e. The van der Waals surface area contributed by atoms with E-state index in [1.807, 2.05) is 7.05 Å². The van der Waals surface area contributed by atoms with Crippen molar-refractivity contribution >= 4 is 5.78 Å². The average molecular weight is 381 g/mol. The molecule has 0 bridgehead atoms. The molecule has 150 valence electrons. The van der Waals surface area contributed by atoms with E-state index in [0.717, 1.165) is 48.4 Å². The van der Waals surface area contributed by atoms with Crippen LogP contribution in [-0.4, -0.2) is 26.0 Å². The van der Waals surface area contributed by atoms with Crippen LogP contribution in [-0.2, 0) is 18.3 Å². The van der Waals surface area contributed by atoms with E-state index in [1.54, 1.807) is 4.68 Å². The number of aromatic nitrogens is 4. The highest BCUT2D eigenvalue weighted by Gasteiger charge is 2.51. The highest BCUT2D eigenvalue weighted by molar-refractivity contribution is 5.98. The fraction of sp³-hybridized carbons (Fsp3) is 0.739. The molecule has 0 unspecified atom stereocenters. The SMILES string of the molecule is Cn1nnnc1CCCC1=C[C@H]2C(=CC[C@@H]3[C@@H]2CC[C@]2(C)CCC[C@@H]32)CC1=O. The molecule has 2 saturated carbocycles. The molecule has 5 atom stereocenters. The molecule has 5 rings (SSSR count). The lowest BCUT2D eigenvalue weighted by atomic mass is 9.53. The van der Waals surface area contributed by atoms with Crippen LogP contribution in [0.15, 0.2) is 23.3 Å². The minimum Gasteiger partial charge on any atom is -0.294 e. The number of hydrogen-bond donors (Lipinski definition) is 0. The van der Waals surface area contributed by atoms with Crippen LogP contribution in [0.1, 0.15) is 70.5 Å². The Balaban J connectivity index is 1.32. The summed E-state index contributed by atoms with van der Waals surface area (Å²) in [6, 6.07) is 0. The van der Waals surface area contributed by atoms with E-state index < -0.39 is 0 Å². The molecule has 1 aromatic rings. The van der Waals surface area contributed by atoms with Gasteiger partial charge in [-0.1, -0.05) is 31.1 Å². The Kier molecular flexibility index (Phi) is 4.52. The van der Waals surface area contributed by atoms with Crippen LogP contribution in [0.25, 0.3) is 0 Å². The number of Topliss-reactive ketones (excluding diaryl/α,β-unsaturated/α-hetero) is 1. The molecule has 0 N–H and O–H groups in total. The lowest BCUT2D eigenvalue weighted by Crippen LogP contribution is -2.43. The summed E-state index contributed by atoms with van der Waals surface area (Å²) in [5.74, 6) is 4.27. The van der Waals surface area contributed by atoms with Gasteiger partial charge in [0.05, 0.1) is 0 Å². The molecule has 5 heteroatoms. The van der Waals surface area contributed by atoms with Crippen molar-refractivity contribution in [2.75, 3.05) is 0 Å². The topological polar surface area (TPSA) is 60.7 Å². The first-order valence-electron chi connectivity index (χ1n) is 11.2. The van der Waals surface area contributed by atoms with Gasteiger partial charge in [-0.15, -0.1) is 5.10 Å². The summed E-state index contributed by atoms with van der Waals surface area (Å²) in [5.41, 5.74) is 3.08. The Morgan fingerprint density at radius 2 is 2.11 bits per heavy atom. The second-order valence-corrected chi connectivity index (χ2v) is 9.92. The summed E-state index contributed by atoms with van der Waals surface area (Å²) < 4.78 is 1.73. The van der Waals surface area contributed by atoms with E-state index in [1.165, 1.54) is 44.1 Å². The first kappa shape index (κ1) is 18.3. The molecule has 0 radical (unpaired) electrons. The van der Waals surface area contributed by atoms with Crippen LogP contribution in [0.3, 0.4) is 0 Å². The van der Waals surface area contributed by atoms with Crippen molar-refractivity contribution in [3.8, 4) is 0 Å². The van der Waals surface area contributed by atoms with Crippen molar-refractivity contribution < 1.29 is 4.79 Å². The quantitative estimate of drug-likeness (QED) is 0.734. The molecule has 0 saturated heterocycles. The number of hydrogen-bond acceptors (Lipinski definition) is 4. The fourth-order valence-electron chi connectivity index (χ4n) is 6.94. The van der Waals surface area contributed by atoms with E-state index in [0.29, 0.717) is 23.5 Å². The number of carbonyl (C=O) groups excluding carboxylic acids is 1. The monoisotopic (exact) mass is 380 g/mol. The van der Waals surface area contributed by atoms with E-state index in [2.05, 4.69) is 34.6 Å². The van der Waals surface area contributed by atoms with Gasteiger partial charge in [0.2, 0.25) is 0 Å². The van der Waals surface area contributed by atoms with E-state index >= 15 is 0 Å². The third kappa shape index (κ3) is 2.98. The molecule has 28 heavy (non-hydrogen) atoms. The summed E-state index contributed by atoms with van der Waals surface area (Å²) in [4.78, 5) is 12.7. The maximum absolute atomic E-state index is 12.7. The van der Waals surface area contributed by atoms with Crippen molar-refractivity contribution in [1.82, 2.24) is 20.2 Å². The van der Waals surface area contributed by atoms with Crippen molar-refractivity contribution in [1.29, 1.82) is 0 Å². The summed E-state index contributed by atoms with van der Waals surface area (Å²) >= 11 is 0. The van der Waals surface area contributed by atoms with E-state index in [4.69, 9.17) is 0 Å². The van der Waals surface area contributed by atoms with Crippen LogP contribution in [0.2, 0.25) is 0 Å². The molecule has 0 spiro atoms. The first-order chi connectivity index (χ1) is 13.5. The van der Waals surface area contributed by atoms with Gasteiger partial charge in [-0.3, -0.25) is 4.79 Å². The lowest BCUT2D eigenvalue weighted by Gasteiger charge is -2.51. The van der Waals surface area contributed by atoms with Crippen molar-refractivity contribution in [2.24, 2.45) is 36.1 Å². The molecule has 2 fully saturated rings. The van der Waals surface area contributed by atoms with Gasteiger partial charge >= 0.3 is 0 Å². The number of allylic oxidation sites excluding steroid dienone is 4. The number of ketones is 1. The summed E-state index contributed by atoms with van der Waals surface area (Å²) in [5, 5.41) is 11.7. The number of fused-ring (bicyclic) bond motifs is 5. The van der Waals surface area contributed by atoms with Gasteiger partial charge in [-0.05, 0) is 84.1 Å². The standard InChI is InChI=1S/C23H32N4O/c1-23-11-4-6-20(23)18-9-8-15-14-21(28)16(13-19(15)17(18)10-12-23)5-3-7-22-24-25-26-27(22)2/h8,13,17-20H,3-7,9-12,14H2,1-2H3/t17-,18+,19-,20-,23-/m0/s1. The van der Waals surface area contributed by atoms with Crippen LogP contribution in [0.4, 0.5) is 0 Å². The second kappa shape index (κ2) is 6.93. The van der Waals surface area contributed by atoms with Crippen molar-refractivity contribution in [2.45, 2.75) is 71.1 Å². The minimum absolute atomic E-state index is 0.346. The minimum atomic E-state index is 0.346. The molecule has 1 aromatic heterocycles. The number of tetrazole rings is 1. The van der Waals surface area contributed by atoms with Gasteiger partial charge in [0.25, 0.3) is 0 Å².